The Morgan fingerprint density at radius 1 is 1.33 bits per heavy atom. The van der Waals surface area contributed by atoms with Crippen LogP contribution in [0.5, 0.6) is 0 Å². The van der Waals surface area contributed by atoms with E-state index >= 15 is 0 Å². The average molecular weight is 376 g/mol. The largest absolute Gasteiger partial charge is 0.373 e. The third kappa shape index (κ3) is 5.88. The summed E-state index contributed by atoms with van der Waals surface area (Å²) in [5.41, 5.74) is 0.368. The van der Waals surface area contributed by atoms with E-state index < -0.39 is 30.8 Å². The Morgan fingerprint density at radius 3 is 2.57 bits per heavy atom. The van der Waals surface area contributed by atoms with Gasteiger partial charge in [0.2, 0.25) is 0 Å². The van der Waals surface area contributed by atoms with Crippen molar-refractivity contribution in [2.75, 3.05) is 20.3 Å². The minimum absolute atomic E-state index is 0.183. The summed E-state index contributed by atoms with van der Waals surface area (Å²) in [5.74, 6) is -4.62. The van der Waals surface area contributed by atoms with Crippen LogP contribution in [0.1, 0.15) is 5.56 Å². The Hall–Kier alpha value is -0.730. The highest BCUT2D eigenvalue weighted by atomic mass is 79.9. The summed E-state index contributed by atoms with van der Waals surface area (Å²) in [5, 5.41) is 2.77. The second-order valence-electron chi connectivity index (χ2n) is 4.50. The first-order chi connectivity index (χ1) is 9.76. The highest BCUT2D eigenvalue weighted by molar-refractivity contribution is 9.10. The van der Waals surface area contributed by atoms with Crippen molar-refractivity contribution in [2.45, 2.75) is 24.8 Å². The molecule has 0 aromatic heterocycles. The van der Waals surface area contributed by atoms with Crippen molar-refractivity contribution < 1.29 is 26.7 Å². The van der Waals surface area contributed by atoms with E-state index in [1.807, 2.05) is 0 Å². The molecule has 8 heteroatoms. The molecule has 120 valence electrons. The molecular formula is C13H15BrF5NO. The monoisotopic (exact) mass is 375 g/mol. The molecule has 1 rings (SSSR count). The lowest BCUT2D eigenvalue weighted by Gasteiger charge is -2.20. The molecule has 1 atom stereocenters. The van der Waals surface area contributed by atoms with E-state index in [-0.39, 0.29) is 13.0 Å². The summed E-state index contributed by atoms with van der Waals surface area (Å²) < 4.78 is 68.2. The highest BCUT2D eigenvalue weighted by Crippen LogP contribution is 2.23. The normalized spacial score (nSPS) is 13.7. The van der Waals surface area contributed by atoms with Gasteiger partial charge in [0.25, 0.3) is 0 Å². The number of hydrogen-bond acceptors (Lipinski definition) is 2. The predicted molar refractivity (Wildman–Crippen MR) is 72.4 cm³/mol. The quantitative estimate of drug-likeness (QED) is 0.700. The van der Waals surface area contributed by atoms with Crippen molar-refractivity contribution in [3.8, 4) is 0 Å². The van der Waals surface area contributed by atoms with Crippen LogP contribution in [-0.2, 0) is 11.2 Å². The van der Waals surface area contributed by atoms with Gasteiger partial charge in [-0.3, -0.25) is 0 Å². The standard InChI is InChI=1S/C13H15BrF5NO/c1-20-10(6-21-7-13(18,19)12(16)17)5-8-4-9(14)2-3-11(8)15/h2-4,10,12,20H,5-7H2,1H3. The second-order valence-corrected chi connectivity index (χ2v) is 5.42. The fourth-order valence-electron chi connectivity index (χ4n) is 1.61. The van der Waals surface area contributed by atoms with Gasteiger partial charge in [-0.25, -0.2) is 13.2 Å². The van der Waals surface area contributed by atoms with Gasteiger partial charge >= 0.3 is 12.3 Å². The van der Waals surface area contributed by atoms with Crippen molar-refractivity contribution in [3.05, 3.63) is 34.1 Å². The van der Waals surface area contributed by atoms with Gasteiger partial charge in [0.15, 0.2) is 0 Å². The number of nitrogens with one attached hydrogen (secondary N) is 1. The summed E-state index contributed by atoms with van der Waals surface area (Å²) in [4.78, 5) is 0. The van der Waals surface area contributed by atoms with Gasteiger partial charge < -0.3 is 10.1 Å². The van der Waals surface area contributed by atoms with Gasteiger partial charge in [-0.15, -0.1) is 0 Å². The number of benzene rings is 1. The molecule has 0 aliphatic rings. The van der Waals surface area contributed by atoms with Crippen LogP contribution in [-0.4, -0.2) is 38.7 Å². The molecule has 0 aliphatic heterocycles. The number of alkyl halides is 4. The smallest absolute Gasteiger partial charge is 0.330 e. The van der Waals surface area contributed by atoms with Crippen LogP contribution < -0.4 is 5.32 Å². The van der Waals surface area contributed by atoms with Gasteiger partial charge in [-0.2, -0.15) is 8.78 Å². The molecule has 0 radical (unpaired) electrons. The maximum absolute atomic E-state index is 13.6. The van der Waals surface area contributed by atoms with Gasteiger partial charge in [-0.05, 0) is 37.2 Å². The summed E-state index contributed by atoms with van der Waals surface area (Å²) in [7, 11) is 1.55. The minimum Gasteiger partial charge on any atom is -0.373 e. The molecule has 1 N–H and O–H groups in total. The molecule has 0 fully saturated rings. The van der Waals surface area contributed by atoms with E-state index in [2.05, 4.69) is 26.0 Å². The summed E-state index contributed by atoms with van der Waals surface area (Å²) in [6.45, 7) is -1.60. The first-order valence-electron chi connectivity index (χ1n) is 6.11. The number of likely N-dealkylation sites (N-methyl/N-ethyl adjacent to an activating group) is 1. The molecule has 1 unspecified atom stereocenters. The summed E-state index contributed by atoms with van der Waals surface area (Å²) in [6.07, 6.45) is -3.59. The SMILES string of the molecule is CNC(COCC(F)(F)C(F)F)Cc1cc(Br)ccc1F. The van der Waals surface area contributed by atoms with Gasteiger partial charge in [0.05, 0.1) is 6.61 Å². The van der Waals surface area contributed by atoms with E-state index in [0.717, 1.165) is 0 Å². The zero-order chi connectivity index (χ0) is 16.0. The maximum atomic E-state index is 13.6. The number of rotatable bonds is 8. The molecule has 21 heavy (non-hydrogen) atoms. The van der Waals surface area contributed by atoms with E-state index in [4.69, 9.17) is 0 Å². The zero-order valence-corrected chi connectivity index (χ0v) is 12.8. The van der Waals surface area contributed by atoms with Crippen molar-refractivity contribution in [1.29, 1.82) is 0 Å². The van der Waals surface area contributed by atoms with E-state index in [1.165, 1.54) is 12.1 Å². The van der Waals surface area contributed by atoms with Gasteiger partial charge in [0.1, 0.15) is 12.4 Å². The van der Waals surface area contributed by atoms with Crippen molar-refractivity contribution >= 4 is 15.9 Å². The maximum Gasteiger partial charge on any atom is 0.330 e. The molecule has 0 amide bonds. The molecule has 0 bridgehead atoms. The molecule has 0 aliphatic carbocycles. The number of hydrogen-bond donors (Lipinski definition) is 1. The summed E-state index contributed by atoms with van der Waals surface area (Å²) in [6, 6.07) is 3.90. The van der Waals surface area contributed by atoms with Crippen molar-refractivity contribution in [2.24, 2.45) is 0 Å². The Morgan fingerprint density at radius 2 is 2.00 bits per heavy atom. The summed E-state index contributed by atoms with van der Waals surface area (Å²) >= 11 is 3.20. The van der Waals surface area contributed by atoms with Crippen LogP contribution in [0.25, 0.3) is 0 Å². The second kappa shape index (κ2) is 8.05. The molecule has 0 spiro atoms. The fraction of sp³-hybridized carbons (Fsp3) is 0.538. The molecule has 1 aromatic carbocycles. The van der Waals surface area contributed by atoms with Gasteiger partial charge in [-0.1, -0.05) is 15.9 Å². The number of ether oxygens (including phenoxy) is 1. The Bertz CT molecular complexity index is 458. The first-order valence-corrected chi connectivity index (χ1v) is 6.90. The topological polar surface area (TPSA) is 21.3 Å². The third-order valence-electron chi connectivity index (χ3n) is 2.82. The lowest BCUT2D eigenvalue weighted by Crippen LogP contribution is -2.37. The van der Waals surface area contributed by atoms with Crippen LogP contribution >= 0.6 is 15.9 Å². The highest BCUT2D eigenvalue weighted by Gasteiger charge is 2.41. The van der Waals surface area contributed by atoms with Gasteiger partial charge in [0, 0.05) is 10.5 Å². The van der Waals surface area contributed by atoms with E-state index in [1.54, 1.807) is 13.1 Å². The Balaban J connectivity index is 2.54. The molecular weight excluding hydrogens is 361 g/mol. The molecule has 0 saturated carbocycles. The lowest BCUT2D eigenvalue weighted by molar-refractivity contribution is -0.166. The zero-order valence-electron chi connectivity index (χ0n) is 11.2. The molecule has 2 nitrogen and oxygen atoms in total. The average Bonchev–Trinajstić information content (AvgIpc) is 2.41. The Kier molecular flexibility index (Phi) is 7.02. The van der Waals surface area contributed by atoms with E-state index in [0.29, 0.717) is 10.0 Å². The van der Waals surface area contributed by atoms with Crippen LogP contribution in [0.2, 0.25) is 0 Å². The lowest BCUT2D eigenvalue weighted by atomic mass is 10.1. The van der Waals surface area contributed by atoms with Crippen molar-refractivity contribution in [3.63, 3.8) is 0 Å². The van der Waals surface area contributed by atoms with Crippen LogP contribution in [0.3, 0.4) is 0 Å². The minimum atomic E-state index is -4.18. The predicted octanol–water partition coefficient (Wildman–Crippen LogP) is 3.64. The Labute approximate surface area is 127 Å². The fourth-order valence-corrected chi connectivity index (χ4v) is 2.02. The van der Waals surface area contributed by atoms with Crippen molar-refractivity contribution in [1.82, 2.24) is 5.32 Å². The van der Waals surface area contributed by atoms with Crippen LogP contribution in [0.4, 0.5) is 22.0 Å². The molecule has 1 aromatic rings. The first kappa shape index (κ1) is 18.3. The number of halogens is 6. The molecule has 0 heterocycles. The van der Waals surface area contributed by atoms with Crippen LogP contribution in [0.15, 0.2) is 22.7 Å². The van der Waals surface area contributed by atoms with Crippen LogP contribution in [0, 0.1) is 5.82 Å². The molecule has 0 saturated heterocycles. The van der Waals surface area contributed by atoms with E-state index in [9.17, 15) is 22.0 Å². The third-order valence-corrected chi connectivity index (χ3v) is 3.31.